The SMILES string of the molecule is CNc1ccc(Br)c(OCC2CCC2)c1[N+](=O)[O-]. The zero-order valence-corrected chi connectivity index (χ0v) is 11.7. The molecule has 18 heavy (non-hydrogen) atoms. The molecule has 0 saturated heterocycles. The van der Waals surface area contributed by atoms with Gasteiger partial charge in [-0.15, -0.1) is 0 Å². The Balaban J connectivity index is 2.26. The molecule has 1 aromatic rings. The number of nitro benzene ring substituents is 1. The van der Waals surface area contributed by atoms with Crippen LogP contribution in [0.5, 0.6) is 5.75 Å². The minimum atomic E-state index is -0.410. The summed E-state index contributed by atoms with van der Waals surface area (Å²) in [7, 11) is 1.66. The summed E-state index contributed by atoms with van der Waals surface area (Å²) in [6, 6.07) is 3.42. The summed E-state index contributed by atoms with van der Waals surface area (Å²) in [5, 5.41) is 14.0. The molecule has 0 aliphatic heterocycles. The standard InChI is InChI=1S/C12H15BrN2O3/c1-14-10-6-5-9(13)12(11(10)15(16)17)18-7-8-3-2-4-8/h5-6,8,14H,2-4,7H2,1H3. The van der Waals surface area contributed by atoms with Gasteiger partial charge in [0.2, 0.25) is 5.75 Å². The summed E-state index contributed by atoms with van der Waals surface area (Å²) in [6.07, 6.45) is 3.53. The number of benzene rings is 1. The molecule has 1 aliphatic rings. The number of nitrogens with one attached hydrogen (secondary N) is 1. The van der Waals surface area contributed by atoms with E-state index in [2.05, 4.69) is 21.2 Å². The molecular formula is C12H15BrN2O3. The highest BCUT2D eigenvalue weighted by molar-refractivity contribution is 9.10. The van der Waals surface area contributed by atoms with Crippen LogP contribution in [0.4, 0.5) is 11.4 Å². The highest BCUT2D eigenvalue weighted by Gasteiger charge is 2.25. The first-order valence-corrected chi connectivity index (χ1v) is 6.70. The van der Waals surface area contributed by atoms with E-state index in [-0.39, 0.29) is 5.69 Å². The fourth-order valence-electron chi connectivity index (χ4n) is 1.93. The number of nitro groups is 1. The van der Waals surface area contributed by atoms with E-state index >= 15 is 0 Å². The van der Waals surface area contributed by atoms with Crippen molar-refractivity contribution in [2.75, 3.05) is 19.0 Å². The molecule has 1 aromatic carbocycles. The summed E-state index contributed by atoms with van der Waals surface area (Å²) < 4.78 is 6.27. The van der Waals surface area contributed by atoms with Crippen LogP contribution in [0.1, 0.15) is 19.3 Å². The fraction of sp³-hybridized carbons (Fsp3) is 0.500. The van der Waals surface area contributed by atoms with Gasteiger partial charge in [-0.25, -0.2) is 0 Å². The molecule has 1 N–H and O–H groups in total. The summed E-state index contributed by atoms with van der Waals surface area (Å²) in [5.74, 6) is 0.855. The van der Waals surface area contributed by atoms with Crippen molar-refractivity contribution in [3.63, 3.8) is 0 Å². The molecule has 0 amide bonds. The van der Waals surface area contributed by atoms with Crippen LogP contribution < -0.4 is 10.1 Å². The van der Waals surface area contributed by atoms with E-state index in [9.17, 15) is 10.1 Å². The Kier molecular flexibility index (Phi) is 4.06. The van der Waals surface area contributed by atoms with E-state index in [1.807, 2.05) is 0 Å². The van der Waals surface area contributed by atoms with Gasteiger partial charge < -0.3 is 10.1 Å². The van der Waals surface area contributed by atoms with Gasteiger partial charge in [0.1, 0.15) is 5.69 Å². The Morgan fingerprint density at radius 2 is 2.28 bits per heavy atom. The molecule has 6 heteroatoms. The molecule has 0 spiro atoms. The van der Waals surface area contributed by atoms with Crippen molar-refractivity contribution < 1.29 is 9.66 Å². The van der Waals surface area contributed by atoms with E-state index in [4.69, 9.17) is 4.74 Å². The Bertz CT molecular complexity index is 461. The van der Waals surface area contributed by atoms with E-state index in [0.717, 1.165) is 12.8 Å². The fourth-order valence-corrected chi connectivity index (χ4v) is 2.36. The number of halogens is 1. The van der Waals surface area contributed by atoms with Crippen LogP contribution in [-0.2, 0) is 0 Å². The lowest BCUT2D eigenvalue weighted by atomic mass is 9.86. The minimum absolute atomic E-state index is 0.00815. The van der Waals surface area contributed by atoms with Crippen LogP contribution in [0, 0.1) is 16.0 Å². The topological polar surface area (TPSA) is 64.4 Å². The smallest absolute Gasteiger partial charge is 0.334 e. The van der Waals surface area contributed by atoms with Gasteiger partial charge in [0.15, 0.2) is 0 Å². The predicted octanol–water partition coefficient (Wildman–Crippen LogP) is 3.58. The normalized spacial score (nSPS) is 15.0. The van der Waals surface area contributed by atoms with Crippen molar-refractivity contribution >= 4 is 27.3 Å². The molecule has 98 valence electrons. The van der Waals surface area contributed by atoms with E-state index < -0.39 is 4.92 Å². The second-order valence-electron chi connectivity index (χ2n) is 4.39. The Hall–Kier alpha value is -1.30. The molecular weight excluding hydrogens is 300 g/mol. The van der Waals surface area contributed by atoms with Crippen LogP contribution in [-0.4, -0.2) is 18.6 Å². The van der Waals surface area contributed by atoms with E-state index in [1.165, 1.54) is 6.42 Å². The molecule has 5 nitrogen and oxygen atoms in total. The maximum Gasteiger partial charge on any atom is 0.334 e. The van der Waals surface area contributed by atoms with Gasteiger partial charge in [-0.3, -0.25) is 10.1 Å². The molecule has 1 fully saturated rings. The van der Waals surface area contributed by atoms with Gasteiger partial charge >= 0.3 is 5.69 Å². The van der Waals surface area contributed by atoms with Gasteiger partial charge in [-0.05, 0) is 46.8 Å². The summed E-state index contributed by atoms with van der Waals surface area (Å²) in [4.78, 5) is 10.7. The van der Waals surface area contributed by atoms with E-state index in [0.29, 0.717) is 28.4 Å². The van der Waals surface area contributed by atoms with Crippen LogP contribution in [0.3, 0.4) is 0 Å². The molecule has 2 rings (SSSR count). The highest BCUT2D eigenvalue weighted by atomic mass is 79.9. The monoisotopic (exact) mass is 314 g/mol. The summed E-state index contributed by atoms with van der Waals surface area (Å²) in [6.45, 7) is 0.548. The van der Waals surface area contributed by atoms with Gasteiger partial charge in [0.25, 0.3) is 0 Å². The lowest BCUT2D eigenvalue weighted by molar-refractivity contribution is -0.385. The lowest BCUT2D eigenvalue weighted by Gasteiger charge is -2.25. The first-order chi connectivity index (χ1) is 8.63. The lowest BCUT2D eigenvalue weighted by Crippen LogP contribution is -2.19. The third-order valence-corrected chi connectivity index (χ3v) is 3.85. The van der Waals surface area contributed by atoms with Crippen molar-refractivity contribution in [1.82, 2.24) is 0 Å². The number of nitrogens with zero attached hydrogens (tertiary/aromatic N) is 1. The van der Waals surface area contributed by atoms with Crippen molar-refractivity contribution in [2.24, 2.45) is 5.92 Å². The maximum atomic E-state index is 11.1. The van der Waals surface area contributed by atoms with Gasteiger partial charge in [-0.2, -0.15) is 0 Å². The molecule has 1 saturated carbocycles. The number of anilines is 1. The molecule has 0 atom stereocenters. The van der Waals surface area contributed by atoms with Crippen molar-refractivity contribution in [2.45, 2.75) is 19.3 Å². The quantitative estimate of drug-likeness (QED) is 0.666. The molecule has 1 aliphatic carbocycles. The second kappa shape index (κ2) is 5.56. The van der Waals surface area contributed by atoms with Crippen LogP contribution in [0.15, 0.2) is 16.6 Å². The van der Waals surface area contributed by atoms with Gasteiger partial charge in [0, 0.05) is 7.05 Å². The zero-order chi connectivity index (χ0) is 13.1. The van der Waals surface area contributed by atoms with Gasteiger partial charge in [-0.1, -0.05) is 6.42 Å². The van der Waals surface area contributed by atoms with E-state index in [1.54, 1.807) is 19.2 Å². The largest absolute Gasteiger partial charge is 0.486 e. The molecule has 0 aromatic heterocycles. The zero-order valence-electron chi connectivity index (χ0n) is 10.1. The van der Waals surface area contributed by atoms with Crippen LogP contribution >= 0.6 is 15.9 Å². The number of hydrogen-bond donors (Lipinski definition) is 1. The predicted molar refractivity (Wildman–Crippen MR) is 73.2 cm³/mol. The number of ether oxygens (including phenoxy) is 1. The average Bonchev–Trinajstić information content (AvgIpc) is 2.28. The summed E-state index contributed by atoms with van der Waals surface area (Å²) >= 11 is 3.31. The van der Waals surface area contributed by atoms with Crippen molar-refractivity contribution in [3.05, 3.63) is 26.7 Å². The summed E-state index contributed by atoms with van der Waals surface area (Å²) in [5.41, 5.74) is 0.456. The Labute approximate surface area is 114 Å². The molecule has 0 unspecified atom stereocenters. The number of rotatable bonds is 5. The molecule has 0 heterocycles. The van der Waals surface area contributed by atoms with Crippen LogP contribution in [0.25, 0.3) is 0 Å². The highest BCUT2D eigenvalue weighted by Crippen LogP contribution is 2.41. The third kappa shape index (κ3) is 2.58. The molecule has 0 bridgehead atoms. The first-order valence-electron chi connectivity index (χ1n) is 5.91. The van der Waals surface area contributed by atoms with Crippen molar-refractivity contribution in [1.29, 1.82) is 0 Å². The van der Waals surface area contributed by atoms with Gasteiger partial charge in [0.05, 0.1) is 16.0 Å². The number of hydrogen-bond acceptors (Lipinski definition) is 4. The van der Waals surface area contributed by atoms with Crippen molar-refractivity contribution in [3.8, 4) is 5.75 Å². The molecule has 0 radical (unpaired) electrons. The van der Waals surface area contributed by atoms with Crippen LogP contribution in [0.2, 0.25) is 0 Å². The Morgan fingerprint density at radius 1 is 1.56 bits per heavy atom. The first kappa shape index (κ1) is 13.1. The second-order valence-corrected chi connectivity index (χ2v) is 5.24. The minimum Gasteiger partial charge on any atom is -0.486 e. The maximum absolute atomic E-state index is 11.1. The Morgan fingerprint density at radius 3 is 2.78 bits per heavy atom. The third-order valence-electron chi connectivity index (χ3n) is 3.22. The average molecular weight is 315 g/mol.